The van der Waals surface area contributed by atoms with Gasteiger partial charge < -0.3 is 14.9 Å². The first kappa shape index (κ1) is 22.6. The molecule has 0 radical (unpaired) electrons. The topological polar surface area (TPSA) is 86.0 Å². The van der Waals surface area contributed by atoms with Crippen LogP contribution < -0.4 is 14.9 Å². The van der Waals surface area contributed by atoms with E-state index >= 15 is 0 Å². The second-order valence-electron chi connectivity index (χ2n) is 6.47. The van der Waals surface area contributed by atoms with Crippen molar-refractivity contribution in [1.82, 2.24) is 5.43 Å². The van der Waals surface area contributed by atoms with Gasteiger partial charge in [0, 0.05) is 17.2 Å². The first-order valence-electron chi connectivity index (χ1n) is 9.20. The fourth-order valence-electron chi connectivity index (χ4n) is 2.68. The number of nitro benzene ring substituents is 1. The van der Waals surface area contributed by atoms with E-state index in [9.17, 15) is 10.1 Å². The molecule has 9 heteroatoms. The van der Waals surface area contributed by atoms with Gasteiger partial charge in [0.2, 0.25) is 0 Å². The molecule has 31 heavy (non-hydrogen) atoms. The molecule has 0 atom stereocenters. The van der Waals surface area contributed by atoms with Gasteiger partial charge in [0.25, 0.3) is 5.69 Å². The smallest absolute Gasteiger partial charge is 0.269 e. The molecule has 1 N–H and O–H groups in total. The van der Waals surface area contributed by atoms with Gasteiger partial charge in [-0.15, -0.1) is 0 Å². The monoisotopic (exact) mass is 503 g/mol. The zero-order valence-electron chi connectivity index (χ0n) is 16.5. The van der Waals surface area contributed by atoms with E-state index < -0.39 is 4.92 Å². The Labute approximate surface area is 192 Å². The van der Waals surface area contributed by atoms with Crippen LogP contribution in [0.1, 0.15) is 16.7 Å². The first-order chi connectivity index (χ1) is 15.0. The lowest BCUT2D eigenvalue weighted by Gasteiger charge is -2.13. The summed E-state index contributed by atoms with van der Waals surface area (Å²) in [6.45, 7) is 0.811. The second kappa shape index (κ2) is 10.8. The maximum absolute atomic E-state index is 10.8. The number of nitro groups is 1. The van der Waals surface area contributed by atoms with Crippen molar-refractivity contribution in [2.75, 3.05) is 7.11 Å². The highest BCUT2D eigenvalue weighted by atomic mass is 79.9. The van der Waals surface area contributed by atoms with E-state index in [4.69, 9.17) is 21.1 Å². The Balaban J connectivity index is 1.63. The van der Waals surface area contributed by atoms with Crippen molar-refractivity contribution in [3.63, 3.8) is 0 Å². The second-order valence-corrected chi connectivity index (χ2v) is 7.76. The summed E-state index contributed by atoms with van der Waals surface area (Å²) in [5.41, 5.74) is 5.71. The molecule has 0 saturated heterocycles. The van der Waals surface area contributed by atoms with Gasteiger partial charge in [-0.3, -0.25) is 10.1 Å². The van der Waals surface area contributed by atoms with Crippen LogP contribution >= 0.6 is 27.5 Å². The van der Waals surface area contributed by atoms with E-state index in [0.717, 1.165) is 16.7 Å². The van der Waals surface area contributed by atoms with E-state index in [1.165, 1.54) is 12.1 Å². The maximum Gasteiger partial charge on any atom is 0.269 e. The van der Waals surface area contributed by atoms with Crippen LogP contribution in [-0.4, -0.2) is 18.2 Å². The quantitative estimate of drug-likeness (QED) is 0.229. The average Bonchev–Trinajstić information content (AvgIpc) is 2.77. The van der Waals surface area contributed by atoms with Crippen LogP contribution in [0.4, 0.5) is 5.69 Å². The third-order valence-electron chi connectivity index (χ3n) is 4.28. The summed E-state index contributed by atoms with van der Waals surface area (Å²) in [7, 11) is 1.56. The Hall–Kier alpha value is -3.10. The largest absolute Gasteiger partial charge is 0.493 e. The van der Waals surface area contributed by atoms with E-state index in [1.807, 2.05) is 36.4 Å². The highest BCUT2D eigenvalue weighted by Gasteiger charge is 2.12. The van der Waals surface area contributed by atoms with E-state index in [-0.39, 0.29) is 12.3 Å². The summed E-state index contributed by atoms with van der Waals surface area (Å²) < 4.78 is 12.0. The van der Waals surface area contributed by atoms with Crippen LogP contribution in [0.3, 0.4) is 0 Å². The number of halogens is 2. The van der Waals surface area contributed by atoms with Crippen molar-refractivity contribution in [1.29, 1.82) is 0 Å². The predicted molar refractivity (Wildman–Crippen MR) is 124 cm³/mol. The number of nitrogens with one attached hydrogen (secondary N) is 1. The number of hydrazone groups is 1. The van der Waals surface area contributed by atoms with E-state index in [1.54, 1.807) is 25.5 Å². The molecule has 0 aliphatic carbocycles. The normalized spacial score (nSPS) is 10.8. The molecule has 0 bridgehead atoms. The minimum absolute atomic E-state index is 0.0378. The molecule has 3 aromatic carbocycles. The van der Waals surface area contributed by atoms with Gasteiger partial charge in [0.05, 0.1) is 29.3 Å². The van der Waals surface area contributed by atoms with Crippen molar-refractivity contribution in [2.24, 2.45) is 5.10 Å². The molecule has 0 aliphatic rings. The molecule has 0 fully saturated rings. The average molecular weight is 505 g/mol. The molecule has 0 amide bonds. The van der Waals surface area contributed by atoms with Gasteiger partial charge in [-0.2, -0.15) is 5.10 Å². The first-order valence-corrected chi connectivity index (χ1v) is 10.4. The lowest BCUT2D eigenvalue weighted by molar-refractivity contribution is -0.384. The number of hydrogen-bond acceptors (Lipinski definition) is 6. The van der Waals surface area contributed by atoms with Gasteiger partial charge in [0.1, 0.15) is 6.61 Å². The van der Waals surface area contributed by atoms with Crippen LogP contribution in [0, 0.1) is 10.1 Å². The summed E-state index contributed by atoms with van der Waals surface area (Å²) in [6.07, 6.45) is 1.68. The number of rotatable bonds is 9. The van der Waals surface area contributed by atoms with Crippen LogP contribution in [0.25, 0.3) is 0 Å². The summed E-state index contributed by atoms with van der Waals surface area (Å²) in [4.78, 5) is 10.3. The number of benzene rings is 3. The van der Waals surface area contributed by atoms with Crippen LogP contribution in [-0.2, 0) is 13.2 Å². The van der Waals surface area contributed by atoms with Gasteiger partial charge in [-0.05, 0) is 69.0 Å². The Morgan fingerprint density at radius 3 is 2.45 bits per heavy atom. The molecule has 0 heterocycles. The van der Waals surface area contributed by atoms with Crippen LogP contribution in [0.15, 0.2) is 70.2 Å². The number of non-ortho nitro benzene ring substituents is 1. The van der Waals surface area contributed by atoms with E-state index in [0.29, 0.717) is 27.5 Å². The lowest BCUT2D eigenvalue weighted by Crippen LogP contribution is -2.05. The molecule has 0 unspecified atom stereocenters. The van der Waals surface area contributed by atoms with Crippen LogP contribution in [0.5, 0.6) is 11.5 Å². The van der Waals surface area contributed by atoms with E-state index in [2.05, 4.69) is 26.5 Å². The fourth-order valence-corrected chi connectivity index (χ4v) is 3.38. The molecule has 0 aliphatic heterocycles. The molecule has 7 nitrogen and oxygen atoms in total. The molecular formula is C22H19BrClN3O4. The molecule has 3 aromatic rings. The predicted octanol–water partition coefficient (Wildman–Crippen LogP) is 5.72. The standard InChI is InChI=1S/C22H19BrClN3O4/c1-30-21-11-17(13-26-25-12-15-2-6-18(24)7-3-15)10-20(23)22(21)31-14-16-4-8-19(9-5-16)27(28)29/h2-11,13,25H,12,14H2,1H3/b26-13-. The van der Waals surface area contributed by atoms with Crippen molar-refractivity contribution >= 4 is 39.4 Å². The summed E-state index contributed by atoms with van der Waals surface area (Å²) in [5, 5.41) is 15.7. The zero-order chi connectivity index (χ0) is 22.2. The minimum Gasteiger partial charge on any atom is -0.493 e. The third kappa shape index (κ3) is 6.44. The number of ether oxygens (including phenoxy) is 2. The van der Waals surface area contributed by atoms with Gasteiger partial charge >= 0.3 is 0 Å². The Bertz CT molecular complexity index is 1070. The van der Waals surface area contributed by atoms with Gasteiger partial charge in [0.15, 0.2) is 11.5 Å². The number of methoxy groups -OCH3 is 1. The highest BCUT2D eigenvalue weighted by molar-refractivity contribution is 9.10. The Morgan fingerprint density at radius 1 is 1.13 bits per heavy atom. The zero-order valence-corrected chi connectivity index (χ0v) is 18.9. The van der Waals surface area contributed by atoms with Gasteiger partial charge in [-0.1, -0.05) is 23.7 Å². The molecule has 0 saturated carbocycles. The minimum atomic E-state index is -0.436. The number of nitrogens with zero attached hydrogens (tertiary/aromatic N) is 2. The molecule has 0 aromatic heterocycles. The lowest BCUT2D eigenvalue weighted by atomic mass is 10.2. The van der Waals surface area contributed by atoms with Gasteiger partial charge in [-0.25, -0.2) is 0 Å². The highest BCUT2D eigenvalue weighted by Crippen LogP contribution is 2.37. The van der Waals surface area contributed by atoms with Crippen molar-refractivity contribution < 1.29 is 14.4 Å². The Kier molecular flexibility index (Phi) is 7.86. The summed E-state index contributed by atoms with van der Waals surface area (Å²) >= 11 is 9.39. The SMILES string of the molecule is COc1cc(/C=N\NCc2ccc(Cl)cc2)cc(Br)c1OCc1ccc([N+](=O)[O-])cc1. The molecule has 3 rings (SSSR count). The van der Waals surface area contributed by atoms with Crippen molar-refractivity contribution in [3.05, 3.63) is 97.0 Å². The fraction of sp³-hybridized carbons (Fsp3) is 0.136. The summed E-state index contributed by atoms with van der Waals surface area (Å²) in [6, 6.07) is 17.4. The maximum atomic E-state index is 10.8. The molecule has 0 spiro atoms. The molecular weight excluding hydrogens is 486 g/mol. The van der Waals surface area contributed by atoms with Crippen molar-refractivity contribution in [3.8, 4) is 11.5 Å². The summed E-state index contributed by atoms with van der Waals surface area (Å²) in [5.74, 6) is 1.07. The number of hydrogen-bond donors (Lipinski definition) is 1. The van der Waals surface area contributed by atoms with Crippen molar-refractivity contribution in [2.45, 2.75) is 13.2 Å². The molecule has 160 valence electrons. The van der Waals surface area contributed by atoms with Crippen LogP contribution in [0.2, 0.25) is 5.02 Å². The third-order valence-corrected chi connectivity index (χ3v) is 5.12. The Morgan fingerprint density at radius 2 is 1.81 bits per heavy atom.